The topological polar surface area (TPSA) is 72.2 Å². The van der Waals surface area contributed by atoms with Crippen molar-refractivity contribution >= 4 is 5.97 Å². The van der Waals surface area contributed by atoms with E-state index in [0.29, 0.717) is 12.3 Å². The van der Waals surface area contributed by atoms with Gasteiger partial charge < -0.3 is 5.11 Å². The van der Waals surface area contributed by atoms with Crippen LogP contribution in [0.1, 0.15) is 10.5 Å². The Balaban J connectivity index is 2.83. The molecule has 0 fully saturated rings. The van der Waals surface area contributed by atoms with Gasteiger partial charge in [0.25, 0.3) is 0 Å². The van der Waals surface area contributed by atoms with Gasteiger partial charge in [-0.3, -0.25) is 4.79 Å². The van der Waals surface area contributed by atoms with Crippen LogP contribution in [0.3, 0.4) is 0 Å². The van der Waals surface area contributed by atoms with Gasteiger partial charge in [0, 0.05) is 12.3 Å². The summed E-state index contributed by atoms with van der Waals surface area (Å²) >= 11 is 0. The van der Waals surface area contributed by atoms with Crippen molar-refractivity contribution in [3.8, 4) is 5.69 Å². The maximum atomic E-state index is 13.5. The zero-order valence-corrected chi connectivity index (χ0v) is 9.70. The third-order valence-corrected chi connectivity index (χ3v) is 2.43. The molecular formula is C11H3F5N2O3. The van der Waals surface area contributed by atoms with Crippen LogP contribution in [0.4, 0.5) is 22.0 Å². The lowest BCUT2D eigenvalue weighted by Gasteiger charge is -2.10. The summed E-state index contributed by atoms with van der Waals surface area (Å²) in [6.07, 6.45) is 0.576. The van der Waals surface area contributed by atoms with Crippen molar-refractivity contribution in [3.63, 3.8) is 0 Å². The van der Waals surface area contributed by atoms with E-state index in [1.807, 2.05) is 0 Å². The minimum atomic E-state index is -2.37. The zero-order chi connectivity index (χ0) is 15.9. The third-order valence-electron chi connectivity index (χ3n) is 2.43. The summed E-state index contributed by atoms with van der Waals surface area (Å²) in [5, 5.41) is 11.7. The van der Waals surface area contributed by atoms with Crippen LogP contribution in [0.2, 0.25) is 0 Å². The number of carboxylic acids is 1. The molecule has 1 heterocycles. The Morgan fingerprint density at radius 2 is 1.48 bits per heavy atom. The van der Waals surface area contributed by atoms with E-state index < -0.39 is 51.9 Å². The zero-order valence-electron chi connectivity index (χ0n) is 9.70. The fourth-order valence-electron chi connectivity index (χ4n) is 1.47. The van der Waals surface area contributed by atoms with Crippen LogP contribution in [0.5, 0.6) is 0 Å². The van der Waals surface area contributed by atoms with Gasteiger partial charge in [-0.05, 0) is 0 Å². The molecule has 0 unspecified atom stereocenters. The van der Waals surface area contributed by atoms with Crippen molar-refractivity contribution in [1.29, 1.82) is 0 Å². The number of nitrogens with zero attached hydrogens (tertiary/aromatic N) is 2. The Kier molecular flexibility index (Phi) is 3.45. The summed E-state index contributed by atoms with van der Waals surface area (Å²) in [6, 6.07) is 0.564. The Hall–Kier alpha value is -2.78. The number of benzene rings is 1. The third kappa shape index (κ3) is 2.24. The number of aromatic carboxylic acids is 1. The van der Waals surface area contributed by atoms with E-state index in [-0.39, 0.29) is 4.68 Å². The van der Waals surface area contributed by atoms with Crippen molar-refractivity contribution in [2.24, 2.45) is 0 Å². The molecule has 0 saturated carbocycles. The molecule has 0 spiro atoms. The first-order valence-electron chi connectivity index (χ1n) is 5.10. The molecule has 0 aliphatic carbocycles. The van der Waals surface area contributed by atoms with Gasteiger partial charge >= 0.3 is 5.97 Å². The highest BCUT2D eigenvalue weighted by Crippen LogP contribution is 2.25. The molecule has 21 heavy (non-hydrogen) atoms. The van der Waals surface area contributed by atoms with Crippen LogP contribution < -0.4 is 5.43 Å². The predicted octanol–water partition coefficient (Wildman–Crippen LogP) is 1.63. The van der Waals surface area contributed by atoms with Crippen LogP contribution in [0, 0.1) is 29.1 Å². The van der Waals surface area contributed by atoms with Crippen molar-refractivity contribution in [2.45, 2.75) is 0 Å². The first-order chi connectivity index (χ1) is 9.75. The number of hydrogen-bond donors (Lipinski definition) is 1. The van der Waals surface area contributed by atoms with Crippen molar-refractivity contribution in [2.75, 3.05) is 0 Å². The van der Waals surface area contributed by atoms with Crippen molar-refractivity contribution in [3.05, 3.63) is 57.3 Å². The van der Waals surface area contributed by atoms with Gasteiger partial charge in [0.2, 0.25) is 16.9 Å². The summed E-state index contributed by atoms with van der Waals surface area (Å²) in [6.45, 7) is 0. The number of aromatic nitrogens is 2. The highest BCUT2D eigenvalue weighted by molar-refractivity contribution is 5.84. The second-order valence-corrected chi connectivity index (χ2v) is 3.70. The Labute approximate surface area is 111 Å². The second kappa shape index (κ2) is 4.96. The smallest absolute Gasteiger partial charge is 0.360 e. The van der Waals surface area contributed by atoms with Gasteiger partial charge in [0.15, 0.2) is 23.3 Å². The molecule has 2 rings (SSSR count). The van der Waals surface area contributed by atoms with E-state index in [1.54, 1.807) is 0 Å². The fraction of sp³-hybridized carbons (Fsp3) is 0. The molecule has 0 atom stereocenters. The Morgan fingerprint density at radius 1 is 1.00 bits per heavy atom. The van der Waals surface area contributed by atoms with Gasteiger partial charge in [0.1, 0.15) is 5.69 Å². The van der Waals surface area contributed by atoms with Crippen molar-refractivity contribution < 1.29 is 31.9 Å². The number of halogens is 5. The molecule has 0 aliphatic rings. The molecule has 1 N–H and O–H groups in total. The van der Waals surface area contributed by atoms with E-state index in [0.717, 1.165) is 0 Å². The maximum Gasteiger partial charge on any atom is 0.360 e. The molecule has 0 radical (unpaired) electrons. The summed E-state index contributed by atoms with van der Waals surface area (Å²) in [7, 11) is 0. The largest absolute Gasteiger partial charge is 0.476 e. The van der Waals surface area contributed by atoms with E-state index in [9.17, 15) is 31.5 Å². The van der Waals surface area contributed by atoms with Crippen LogP contribution >= 0.6 is 0 Å². The molecule has 1 aromatic heterocycles. The fourth-order valence-corrected chi connectivity index (χ4v) is 1.47. The molecule has 110 valence electrons. The molecule has 0 bridgehead atoms. The number of carbonyl (C=O) groups is 1. The molecule has 2 aromatic rings. The van der Waals surface area contributed by atoms with E-state index in [1.165, 1.54) is 0 Å². The van der Waals surface area contributed by atoms with E-state index >= 15 is 0 Å². The van der Waals surface area contributed by atoms with E-state index in [2.05, 4.69) is 5.10 Å². The summed E-state index contributed by atoms with van der Waals surface area (Å²) in [4.78, 5) is 21.8. The number of hydrogen-bond acceptors (Lipinski definition) is 3. The van der Waals surface area contributed by atoms with Crippen LogP contribution in [0.15, 0.2) is 17.1 Å². The van der Waals surface area contributed by atoms with Gasteiger partial charge in [-0.15, -0.1) is 0 Å². The summed E-state index contributed by atoms with van der Waals surface area (Å²) in [5.41, 5.74) is -3.72. The molecule has 0 saturated heterocycles. The molecule has 0 amide bonds. The average molecular weight is 306 g/mol. The lowest BCUT2D eigenvalue weighted by Crippen LogP contribution is -2.22. The summed E-state index contributed by atoms with van der Waals surface area (Å²) < 4.78 is 66.1. The second-order valence-electron chi connectivity index (χ2n) is 3.70. The Morgan fingerprint density at radius 3 is 1.95 bits per heavy atom. The normalized spacial score (nSPS) is 10.7. The predicted molar refractivity (Wildman–Crippen MR) is 56.6 cm³/mol. The quantitative estimate of drug-likeness (QED) is 0.520. The molecule has 5 nitrogen and oxygen atoms in total. The number of rotatable bonds is 2. The molecule has 0 aliphatic heterocycles. The minimum absolute atomic E-state index is 0.0844. The molecule has 1 aromatic carbocycles. The number of carboxylic acid groups (broad SMARTS) is 1. The summed E-state index contributed by atoms with van der Waals surface area (Å²) in [5.74, 6) is -13.0. The first-order valence-corrected chi connectivity index (χ1v) is 5.10. The molecular weight excluding hydrogens is 303 g/mol. The van der Waals surface area contributed by atoms with Crippen LogP contribution in [0.25, 0.3) is 5.69 Å². The lowest BCUT2D eigenvalue weighted by atomic mass is 10.2. The van der Waals surface area contributed by atoms with Crippen LogP contribution in [-0.4, -0.2) is 20.9 Å². The van der Waals surface area contributed by atoms with Gasteiger partial charge in [-0.25, -0.2) is 31.4 Å². The van der Waals surface area contributed by atoms with Gasteiger partial charge in [-0.1, -0.05) is 0 Å². The first kappa shape index (κ1) is 14.6. The highest BCUT2D eigenvalue weighted by atomic mass is 19.2. The standard InChI is InChI=1S/C11H3F5N2O3/c12-4-5(13)7(15)10(8(16)6(4)14)18-2-1-3(19)9(17-18)11(20)21/h1-2H,(H,20,21). The Bertz CT molecular complexity index is 789. The van der Waals surface area contributed by atoms with Gasteiger partial charge in [0.05, 0.1) is 0 Å². The average Bonchev–Trinajstić information content (AvgIpc) is 2.44. The van der Waals surface area contributed by atoms with Gasteiger partial charge in [-0.2, -0.15) is 5.10 Å². The monoisotopic (exact) mass is 306 g/mol. The van der Waals surface area contributed by atoms with E-state index in [4.69, 9.17) is 5.11 Å². The van der Waals surface area contributed by atoms with Crippen molar-refractivity contribution in [1.82, 2.24) is 9.78 Å². The van der Waals surface area contributed by atoms with Crippen LogP contribution in [-0.2, 0) is 0 Å². The highest BCUT2D eigenvalue weighted by Gasteiger charge is 2.27. The lowest BCUT2D eigenvalue weighted by molar-refractivity contribution is 0.0686. The minimum Gasteiger partial charge on any atom is -0.476 e. The maximum absolute atomic E-state index is 13.5. The molecule has 10 heteroatoms. The SMILES string of the molecule is O=C(O)c1nn(-c2c(F)c(F)c(F)c(F)c2F)ccc1=O.